The van der Waals surface area contributed by atoms with Crippen molar-refractivity contribution in [3.8, 4) is 17.2 Å². The molecule has 0 atom stereocenters. The number of phenols is 3. The number of benzene rings is 1. The number of nitrogens with one attached hydrogen (secondary N) is 1. The second-order valence-corrected chi connectivity index (χ2v) is 3.82. The molecule has 7 heteroatoms. The van der Waals surface area contributed by atoms with Crippen molar-refractivity contribution in [3.63, 3.8) is 0 Å². The number of nitrogens with zero attached hydrogens (tertiary/aromatic N) is 2. The summed E-state index contributed by atoms with van der Waals surface area (Å²) in [5.41, 5.74) is 2.72. The molecular formula is C13H11N3O4. The Morgan fingerprint density at radius 3 is 2.50 bits per heavy atom. The first-order chi connectivity index (χ1) is 9.58. The predicted octanol–water partition coefficient (Wildman–Crippen LogP) is 0.962. The average molecular weight is 273 g/mol. The summed E-state index contributed by atoms with van der Waals surface area (Å²) in [7, 11) is 0. The highest BCUT2D eigenvalue weighted by molar-refractivity contribution is 5.96. The molecule has 20 heavy (non-hydrogen) atoms. The van der Waals surface area contributed by atoms with Crippen LogP contribution in [0, 0.1) is 0 Å². The Bertz CT molecular complexity index is 633. The number of carbonyl (C=O) groups is 1. The number of aromatic hydroxyl groups is 3. The molecule has 1 aromatic carbocycles. The van der Waals surface area contributed by atoms with Gasteiger partial charge in [0, 0.05) is 11.8 Å². The molecule has 0 fully saturated rings. The van der Waals surface area contributed by atoms with Crippen LogP contribution in [0.3, 0.4) is 0 Å². The number of hydrogen-bond donors (Lipinski definition) is 4. The van der Waals surface area contributed by atoms with Gasteiger partial charge in [-0.25, -0.2) is 5.43 Å². The highest BCUT2D eigenvalue weighted by Crippen LogP contribution is 2.35. The van der Waals surface area contributed by atoms with Gasteiger partial charge in [0.25, 0.3) is 5.91 Å². The van der Waals surface area contributed by atoms with Crippen LogP contribution in [0.25, 0.3) is 0 Å². The van der Waals surface area contributed by atoms with Crippen molar-refractivity contribution >= 4 is 12.1 Å². The molecule has 0 aliphatic rings. The third kappa shape index (κ3) is 3.02. The zero-order valence-corrected chi connectivity index (χ0v) is 10.2. The first-order valence-corrected chi connectivity index (χ1v) is 5.57. The molecular weight excluding hydrogens is 262 g/mol. The lowest BCUT2D eigenvalue weighted by Gasteiger charge is -2.04. The molecule has 0 radical (unpaired) electrons. The van der Waals surface area contributed by atoms with E-state index in [2.05, 4.69) is 15.5 Å². The number of amides is 1. The van der Waals surface area contributed by atoms with Gasteiger partial charge in [-0.15, -0.1) is 0 Å². The summed E-state index contributed by atoms with van der Waals surface area (Å²) in [6.45, 7) is 0. The summed E-state index contributed by atoms with van der Waals surface area (Å²) < 4.78 is 0. The van der Waals surface area contributed by atoms with E-state index in [1.165, 1.54) is 6.21 Å². The summed E-state index contributed by atoms with van der Waals surface area (Å²) in [5.74, 6) is -2.52. The second kappa shape index (κ2) is 5.70. The molecule has 0 aliphatic heterocycles. The van der Waals surface area contributed by atoms with Gasteiger partial charge in [0.1, 0.15) is 0 Å². The monoisotopic (exact) mass is 273 g/mol. The Hall–Kier alpha value is -3.09. The molecule has 1 amide bonds. The molecule has 0 bridgehead atoms. The number of pyridine rings is 1. The normalized spacial score (nSPS) is 10.6. The standard InChI is InChI=1S/C13H11N3O4/c17-10-5-8(6-11(18)12(10)19)13(20)16-15-7-9-3-1-2-4-14-9/h1-7,17-19H,(H,16,20). The molecule has 0 saturated heterocycles. The maximum absolute atomic E-state index is 11.7. The average Bonchev–Trinajstić information content (AvgIpc) is 2.45. The van der Waals surface area contributed by atoms with Gasteiger partial charge in [-0.05, 0) is 24.3 Å². The fourth-order valence-corrected chi connectivity index (χ4v) is 1.41. The highest BCUT2D eigenvalue weighted by atomic mass is 16.3. The molecule has 7 nitrogen and oxygen atoms in total. The molecule has 2 aromatic rings. The Labute approximate surface area is 113 Å². The Morgan fingerprint density at radius 1 is 1.20 bits per heavy atom. The molecule has 0 saturated carbocycles. The van der Waals surface area contributed by atoms with Crippen molar-refractivity contribution in [2.75, 3.05) is 0 Å². The largest absolute Gasteiger partial charge is 0.504 e. The zero-order chi connectivity index (χ0) is 14.5. The third-order valence-electron chi connectivity index (χ3n) is 2.38. The van der Waals surface area contributed by atoms with Gasteiger partial charge in [0.15, 0.2) is 17.2 Å². The van der Waals surface area contributed by atoms with Gasteiger partial charge in [0.05, 0.1) is 11.9 Å². The fourth-order valence-electron chi connectivity index (χ4n) is 1.41. The lowest BCUT2D eigenvalue weighted by Crippen LogP contribution is -2.17. The van der Waals surface area contributed by atoms with E-state index >= 15 is 0 Å². The van der Waals surface area contributed by atoms with Gasteiger partial charge in [-0.1, -0.05) is 6.07 Å². The fraction of sp³-hybridized carbons (Fsp3) is 0. The lowest BCUT2D eigenvalue weighted by atomic mass is 10.2. The van der Waals surface area contributed by atoms with Crippen LogP contribution in [0.4, 0.5) is 0 Å². The summed E-state index contributed by atoms with van der Waals surface area (Å²) >= 11 is 0. The predicted molar refractivity (Wildman–Crippen MR) is 70.7 cm³/mol. The zero-order valence-electron chi connectivity index (χ0n) is 10.2. The third-order valence-corrected chi connectivity index (χ3v) is 2.38. The van der Waals surface area contributed by atoms with Crippen molar-refractivity contribution in [3.05, 3.63) is 47.8 Å². The quantitative estimate of drug-likeness (QED) is 0.378. The van der Waals surface area contributed by atoms with Crippen molar-refractivity contribution in [1.29, 1.82) is 0 Å². The smallest absolute Gasteiger partial charge is 0.271 e. The number of rotatable bonds is 3. The molecule has 4 N–H and O–H groups in total. The SMILES string of the molecule is O=C(NN=Cc1ccccn1)c1cc(O)c(O)c(O)c1. The topological polar surface area (TPSA) is 115 Å². The van der Waals surface area contributed by atoms with E-state index in [1.54, 1.807) is 24.4 Å². The van der Waals surface area contributed by atoms with Crippen LogP contribution >= 0.6 is 0 Å². The summed E-state index contributed by atoms with van der Waals surface area (Å²) in [5, 5.41) is 31.4. The van der Waals surface area contributed by atoms with Gasteiger partial charge in [0.2, 0.25) is 0 Å². The van der Waals surface area contributed by atoms with Crippen LogP contribution in [0.2, 0.25) is 0 Å². The van der Waals surface area contributed by atoms with Crippen molar-refractivity contribution in [2.24, 2.45) is 5.10 Å². The van der Waals surface area contributed by atoms with E-state index < -0.39 is 23.2 Å². The van der Waals surface area contributed by atoms with Crippen molar-refractivity contribution in [2.45, 2.75) is 0 Å². The highest BCUT2D eigenvalue weighted by Gasteiger charge is 2.12. The minimum absolute atomic E-state index is 0.0454. The van der Waals surface area contributed by atoms with E-state index in [-0.39, 0.29) is 5.56 Å². The van der Waals surface area contributed by atoms with Gasteiger partial charge < -0.3 is 15.3 Å². The molecule has 102 valence electrons. The van der Waals surface area contributed by atoms with Crippen LogP contribution in [0.15, 0.2) is 41.6 Å². The van der Waals surface area contributed by atoms with Gasteiger partial charge in [-0.2, -0.15) is 5.10 Å². The first kappa shape index (κ1) is 13.3. The van der Waals surface area contributed by atoms with Crippen LogP contribution in [-0.2, 0) is 0 Å². The molecule has 0 unspecified atom stereocenters. The number of hydrazone groups is 1. The van der Waals surface area contributed by atoms with Gasteiger partial charge >= 0.3 is 0 Å². The Kier molecular flexibility index (Phi) is 3.80. The minimum atomic E-state index is -0.682. The van der Waals surface area contributed by atoms with Crippen LogP contribution in [0.1, 0.15) is 16.1 Å². The Morgan fingerprint density at radius 2 is 1.90 bits per heavy atom. The molecule has 0 aliphatic carbocycles. The number of hydrogen-bond acceptors (Lipinski definition) is 6. The van der Waals surface area contributed by atoms with Crippen LogP contribution < -0.4 is 5.43 Å². The summed E-state index contributed by atoms with van der Waals surface area (Å²) in [4.78, 5) is 15.7. The maximum Gasteiger partial charge on any atom is 0.271 e. The number of phenolic OH excluding ortho intramolecular Hbond substituents is 3. The first-order valence-electron chi connectivity index (χ1n) is 5.57. The second-order valence-electron chi connectivity index (χ2n) is 3.82. The van der Waals surface area contributed by atoms with Crippen LogP contribution in [-0.4, -0.2) is 32.4 Å². The number of aromatic nitrogens is 1. The number of carbonyl (C=O) groups excluding carboxylic acids is 1. The van der Waals surface area contributed by atoms with E-state index in [0.29, 0.717) is 5.69 Å². The Balaban J connectivity index is 2.08. The molecule has 0 spiro atoms. The summed E-state index contributed by atoms with van der Waals surface area (Å²) in [6, 6.07) is 7.25. The van der Waals surface area contributed by atoms with E-state index in [0.717, 1.165) is 12.1 Å². The summed E-state index contributed by atoms with van der Waals surface area (Å²) in [6.07, 6.45) is 2.93. The van der Waals surface area contributed by atoms with Crippen LogP contribution in [0.5, 0.6) is 17.2 Å². The molecule has 2 rings (SSSR count). The van der Waals surface area contributed by atoms with E-state index in [9.17, 15) is 15.0 Å². The lowest BCUT2D eigenvalue weighted by molar-refractivity contribution is 0.0954. The van der Waals surface area contributed by atoms with Crippen molar-refractivity contribution in [1.82, 2.24) is 10.4 Å². The maximum atomic E-state index is 11.7. The minimum Gasteiger partial charge on any atom is -0.504 e. The molecule has 1 heterocycles. The van der Waals surface area contributed by atoms with E-state index in [4.69, 9.17) is 5.11 Å². The van der Waals surface area contributed by atoms with Crippen molar-refractivity contribution < 1.29 is 20.1 Å². The molecule has 1 aromatic heterocycles. The van der Waals surface area contributed by atoms with Gasteiger partial charge in [-0.3, -0.25) is 9.78 Å². The van der Waals surface area contributed by atoms with E-state index in [1.807, 2.05) is 0 Å².